The SMILES string of the molecule is N[C@H]1CCc2sccc2C1. The molecular formula is C8H11NS. The maximum absolute atomic E-state index is 5.81. The van der Waals surface area contributed by atoms with Crippen LogP contribution in [-0.2, 0) is 12.8 Å². The van der Waals surface area contributed by atoms with Crippen molar-refractivity contribution in [3.05, 3.63) is 21.9 Å². The van der Waals surface area contributed by atoms with Crippen molar-refractivity contribution < 1.29 is 0 Å². The summed E-state index contributed by atoms with van der Waals surface area (Å²) in [5.41, 5.74) is 7.30. The summed E-state index contributed by atoms with van der Waals surface area (Å²) in [4.78, 5) is 1.56. The lowest BCUT2D eigenvalue weighted by Crippen LogP contribution is -2.26. The molecule has 10 heavy (non-hydrogen) atoms. The predicted octanol–water partition coefficient (Wildman–Crippen LogP) is 1.56. The molecule has 0 saturated heterocycles. The number of rotatable bonds is 0. The minimum absolute atomic E-state index is 0.419. The highest BCUT2D eigenvalue weighted by atomic mass is 32.1. The molecule has 0 bridgehead atoms. The van der Waals surface area contributed by atoms with Crippen molar-refractivity contribution in [2.45, 2.75) is 25.3 Å². The Morgan fingerprint density at radius 2 is 2.50 bits per heavy atom. The van der Waals surface area contributed by atoms with Gasteiger partial charge in [0.15, 0.2) is 0 Å². The van der Waals surface area contributed by atoms with Crippen LogP contribution in [0.25, 0.3) is 0 Å². The molecule has 0 amide bonds. The Morgan fingerprint density at radius 3 is 3.40 bits per heavy atom. The Bertz CT molecular complexity index is 229. The Balaban J connectivity index is 2.30. The lowest BCUT2D eigenvalue weighted by Gasteiger charge is -2.17. The van der Waals surface area contributed by atoms with E-state index in [1.54, 1.807) is 4.88 Å². The molecule has 1 aromatic rings. The van der Waals surface area contributed by atoms with Crippen molar-refractivity contribution in [2.24, 2.45) is 5.73 Å². The minimum atomic E-state index is 0.419. The van der Waals surface area contributed by atoms with Crippen LogP contribution in [0.3, 0.4) is 0 Å². The molecule has 0 aliphatic heterocycles. The molecule has 0 spiro atoms. The molecule has 1 aromatic heterocycles. The van der Waals surface area contributed by atoms with E-state index in [1.165, 1.54) is 18.4 Å². The fourth-order valence-corrected chi connectivity index (χ4v) is 2.40. The van der Waals surface area contributed by atoms with Gasteiger partial charge in [-0.25, -0.2) is 0 Å². The smallest absolute Gasteiger partial charge is 0.00831 e. The molecule has 2 heteroatoms. The number of hydrogen-bond donors (Lipinski definition) is 1. The zero-order valence-electron chi connectivity index (χ0n) is 5.84. The molecule has 0 fully saturated rings. The lowest BCUT2D eigenvalue weighted by atomic mass is 9.95. The zero-order valence-corrected chi connectivity index (χ0v) is 6.66. The molecular weight excluding hydrogens is 142 g/mol. The van der Waals surface area contributed by atoms with Gasteiger partial charge in [-0.2, -0.15) is 0 Å². The first-order chi connectivity index (χ1) is 4.86. The first-order valence-corrected chi connectivity index (χ1v) is 4.55. The molecule has 2 rings (SSSR count). The second-order valence-corrected chi connectivity index (χ2v) is 3.87. The highest BCUT2D eigenvalue weighted by Gasteiger charge is 2.15. The molecule has 1 nitrogen and oxygen atoms in total. The number of thiophene rings is 1. The normalized spacial score (nSPS) is 24.3. The molecule has 1 atom stereocenters. The summed E-state index contributed by atoms with van der Waals surface area (Å²) < 4.78 is 0. The first kappa shape index (κ1) is 6.38. The number of nitrogens with two attached hydrogens (primary N) is 1. The predicted molar refractivity (Wildman–Crippen MR) is 44.3 cm³/mol. The lowest BCUT2D eigenvalue weighted by molar-refractivity contribution is 0.583. The van der Waals surface area contributed by atoms with E-state index in [0.29, 0.717) is 6.04 Å². The fourth-order valence-electron chi connectivity index (χ4n) is 1.47. The number of aryl methyl sites for hydroxylation is 1. The van der Waals surface area contributed by atoms with Crippen molar-refractivity contribution in [1.82, 2.24) is 0 Å². The second-order valence-electron chi connectivity index (χ2n) is 2.87. The molecule has 0 saturated carbocycles. The monoisotopic (exact) mass is 153 g/mol. The Morgan fingerprint density at radius 1 is 1.60 bits per heavy atom. The summed E-state index contributed by atoms with van der Waals surface area (Å²) in [6, 6.07) is 2.63. The van der Waals surface area contributed by atoms with Gasteiger partial charge in [0.1, 0.15) is 0 Å². The van der Waals surface area contributed by atoms with Crippen LogP contribution in [0.2, 0.25) is 0 Å². The van der Waals surface area contributed by atoms with Crippen molar-refractivity contribution in [3.63, 3.8) is 0 Å². The van der Waals surface area contributed by atoms with Gasteiger partial charge in [-0.3, -0.25) is 0 Å². The minimum Gasteiger partial charge on any atom is -0.327 e. The van der Waals surface area contributed by atoms with Crippen LogP contribution in [0.1, 0.15) is 16.9 Å². The summed E-state index contributed by atoms with van der Waals surface area (Å²) in [7, 11) is 0. The first-order valence-electron chi connectivity index (χ1n) is 3.67. The molecule has 0 aromatic carbocycles. The van der Waals surface area contributed by atoms with Gasteiger partial charge < -0.3 is 5.73 Å². The van der Waals surface area contributed by atoms with Gasteiger partial charge >= 0.3 is 0 Å². The fraction of sp³-hybridized carbons (Fsp3) is 0.500. The molecule has 2 N–H and O–H groups in total. The van der Waals surface area contributed by atoms with Crippen LogP contribution < -0.4 is 5.73 Å². The summed E-state index contributed by atoms with van der Waals surface area (Å²) in [6.45, 7) is 0. The van der Waals surface area contributed by atoms with Crippen molar-refractivity contribution in [3.8, 4) is 0 Å². The topological polar surface area (TPSA) is 26.0 Å². The highest BCUT2D eigenvalue weighted by molar-refractivity contribution is 7.10. The van der Waals surface area contributed by atoms with Crippen LogP contribution in [0.5, 0.6) is 0 Å². The van der Waals surface area contributed by atoms with E-state index in [2.05, 4.69) is 11.4 Å². The van der Waals surface area contributed by atoms with Crippen molar-refractivity contribution >= 4 is 11.3 Å². The van der Waals surface area contributed by atoms with Crippen molar-refractivity contribution in [1.29, 1.82) is 0 Å². The van der Waals surface area contributed by atoms with E-state index in [1.807, 2.05) is 11.3 Å². The molecule has 0 unspecified atom stereocenters. The maximum atomic E-state index is 5.81. The van der Waals surface area contributed by atoms with Crippen LogP contribution in [0.4, 0.5) is 0 Å². The molecule has 54 valence electrons. The van der Waals surface area contributed by atoms with Crippen LogP contribution >= 0.6 is 11.3 Å². The zero-order chi connectivity index (χ0) is 6.97. The number of hydrogen-bond acceptors (Lipinski definition) is 2. The summed E-state index contributed by atoms with van der Waals surface area (Å²) >= 11 is 1.87. The van der Waals surface area contributed by atoms with Crippen molar-refractivity contribution in [2.75, 3.05) is 0 Å². The summed E-state index contributed by atoms with van der Waals surface area (Å²) in [5.74, 6) is 0. The third-order valence-electron chi connectivity index (χ3n) is 2.06. The Labute approximate surface area is 64.9 Å². The Kier molecular flexibility index (Phi) is 1.51. The summed E-state index contributed by atoms with van der Waals surface area (Å²) in [5, 5.41) is 2.17. The molecule has 1 aliphatic carbocycles. The largest absolute Gasteiger partial charge is 0.327 e. The van der Waals surface area contributed by atoms with Gasteiger partial charge in [-0.1, -0.05) is 0 Å². The third kappa shape index (κ3) is 0.976. The van der Waals surface area contributed by atoms with E-state index >= 15 is 0 Å². The van der Waals surface area contributed by atoms with Gasteiger partial charge in [0.05, 0.1) is 0 Å². The summed E-state index contributed by atoms with van der Waals surface area (Å²) in [6.07, 6.45) is 3.47. The molecule has 1 heterocycles. The molecule has 1 aliphatic rings. The van der Waals surface area contributed by atoms with Crippen LogP contribution in [-0.4, -0.2) is 6.04 Å². The van der Waals surface area contributed by atoms with E-state index in [4.69, 9.17) is 5.73 Å². The van der Waals surface area contributed by atoms with Crippen LogP contribution in [0, 0.1) is 0 Å². The third-order valence-corrected chi connectivity index (χ3v) is 3.08. The quantitative estimate of drug-likeness (QED) is 0.601. The molecule has 0 radical (unpaired) electrons. The van der Waals surface area contributed by atoms with Gasteiger partial charge in [-0.05, 0) is 36.3 Å². The maximum Gasteiger partial charge on any atom is 0.00831 e. The number of fused-ring (bicyclic) bond motifs is 1. The van der Waals surface area contributed by atoms with Gasteiger partial charge in [0.25, 0.3) is 0 Å². The van der Waals surface area contributed by atoms with E-state index in [9.17, 15) is 0 Å². The van der Waals surface area contributed by atoms with E-state index in [-0.39, 0.29) is 0 Å². The van der Waals surface area contributed by atoms with E-state index in [0.717, 1.165) is 6.42 Å². The average Bonchev–Trinajstić information content (AvgIpc) is 2.33. The van der Waals surface area contributed by atoms with Gasteiger partial charge in [-0.15, -0.1) is 11.3 Å². The van der Waals surface area contributed by atoms with Crippen LogP contribution in [0.15, 0.2) is 11.4 Å². The van der Waals surface area contributed by atoms with Gasteiger partial charge in [0, 0.05) is 10.9 Å². The Hall–Kier alpha value is -0.340. The van der Waals surface area contributed by atoms with E-state index < -0.39 is 0 Å². The highest BCUT2D eigenvalue weighted by Crippen LogP contribution is 2.24. The standard InChI is InChI=1S/C8H11NS/c9-7-1-2-8-6(5-7)3-4-10-8/h3-4,7H,1-2,5,9H2/t7-/m0/s1. The second kappa shape index (κ2) is 2.36. The van der Waals surface area contributed by atoms with Gasteiger partial charge in [0.2, 0.25) is 0 Å². The average molecular weight is 153 g/mol.